The summed E-state index contributed by atoms with van der Waals surface area (Å²) in [6, 6.07) is 0.291. The lowest BCUT2D eigenvalue weighted by Crippen LogP contribution is -2.34. The summed E-state index contributed by atoms with van der Waals surface area (Å²) in [5.41, 5.74) is 3.62. The van der Waals surface area contributed by atoms with Gasteiger partial charge in [0.2, 0.25) is 0 Å². The Labute approximate surface area is 122 Å². The molecule has 0 aliphatic heterocycles. The summed E-state index contributed by atoms with van der Waals surface area (Å²) >= 11 is 0. The quantitative estimate of drug-likeness (QED) is 0.841. The highest BCUT2D eigenvalue weighted by atomic mass is 16.3. The average Bonchev–Trinajstić information content (AvgIpc) is 3.03. The fraction of sp³-hybridized carbons (Fsp3) is 0.812. The minimum absolute atomic E-state index is 0.205. The summed E-state index contributed by atoms with van der Waals surface area (Å²) in [5.74, 6) is 0.496. The summed E-state index contributed by atoms with van der Waals surface area (Å²) in [7, 11) is 1.99. The number of hydrogen-bond donors (Lipinski definition) is 2. The van der Waals surface area contributed by atoms with E-state index in [2.05, 4.69) is 31.2 Å². The van der Waals surface area contributed by atoms with Crippen LogP contribution < -0.4 is 5.32 Å². The molecule has 0 saturated heterocycles. The van der Waals surface area contributed by atoms with Crippen LogP contribution in [0.25, 0.3) is 0 Å². The smallest absolute Gasteiger partial charge is 0.0692 e. The Morgan fingerprint density at radius 2 is 2.00 bits per heavy atom. The van der Waals surface area contributed by atoms with Crippen LogP contribution in [0.4, 0.5) is 0 Å². The van der Waals surface area contributed by atoms with E-state index in [1.807, 2.05) is 11.7 Å². The Bertz CT molecular complexity index is 435. The van der Waals surface area contributed by atoms with Gasteiger partial charge in [-0.15, -0.1) is 0 Å². The van der Waals surface area contributed by atoms with Crippen LogP contribution in [-0.2, 0) is 7.05 Å². The van der Waals surface area contributed by atoms with Crippen molar-refractivity contribution >= 4 is 0 Å². The molecule has 0 aromatic carbocycles. The molecule has 1 heterocycles. The highest BCUT2D eigenvalue weighted by Crippen LogP contribution is 2.28. The molecule has 0 bridgehead atoms. The summed E-state index contributed by atoms with van der Waals surface area (Å²) in [6.07, 6.45) is 5.74. The first kappa shape index (κ1) is 15.5. The van der Waals surface area contributed by atoms with Crippen LogP contribution in [0.1, 0.15) is 62.0 Å². The highest BCUT2D eigenvalue weighted by molar-refractivity contribution is 5.28. The zero-order chi connectivity index (χ0) is 14.7. The van der Waals surface area contributed by atoms with E-state index >= 15 is 0 Å². The van der Waals surface area contributed by atoms with Crippen molar-refractivity contribution in [1.29, 1.82) is 0 Å². The van der Waals surface area contributed by atoms with Crippen molar-refractivity contribution < 1.29 is 5.11 Å². The molecule has 0 radical (unpaired) electrons. The molecular formula is C16H29N3O. The van der Waals surface area contributed by atoms with Gasteiger partial charge in [0, 0.05) is 30.9 Å². The topological polar surface area (TPSA) is 50.1 Å². The van der Waals surface area contributed by atoms with Gasteiger partial charge in [0.1, 0.15) is 0 Å². The predicted molar refractivity (Wildman–Crippen MR) is 81.7 cm³/mol. The minimum Gasteiger partial charge on any atom is -0.392 e. The maximum Gasteiger partial charge on any atom is 0.0692 e. The van der Waals surface area contributed by atoms with Crippen LogP contribution in [-0.4, -0.2) is 27.5 Å². The molecule has 1 saturated carbocycles. The Morgan fingerprint density at radius 3 is 2.50 bits per heavy atom. The van der Waals surface area contributed by atoms with E-state index in [1.54, 1.807) is 0 Å². The van der Waals surface area contributed by atoms with Gasteiger partial charge in [-0.25, -0.2) is 0 Å². The van der Waals surface area contributed by atoms with Gasteiger partial charge in [-0.1, -0.05) is 19.8 Å². The lowest BCUT2D eigenvalue weighted by atomic mass is 9.98. The van der Waals surface area contributed by atoms with Gasteiger partial charge in [0.25, 0.3) is 0 Å². The SMILES string of the molecule is CCC(NCC(O)C1CCCC1)c1c(C)nn(C)c1C. The van der Waals surface area contributed by atoms with Gasteiger partial charge in [0.15, 0.2) is 0 Å². The molecule has 0 amide bonds. The van der Waals surface area contributed by atoms with Crippen LogP contribution in [0.5, 0.6) is 0 Å². The van der Waals surface area contributed by atoms with Gasteiger partial charge in [-0.2, -0.15) is 5.10 Å². The zero-order valence-electron chi connectivity index (χ0n) is 13.3. The number of aryl methyl sites for hydroxylation is 2. The minimum atomic E-state index is -0.205. The van der Waals surface area contributed by atoms with Crippen LogP contribution in [0.3, 0.4) is 0 Å². The molecule has 4 heteroatoms. The molecule has 0 spiro atoms. The van der Waals surface area contributed by atoms with Crippen molar-refractivity contribution in [3.63, 3.8) is 0 Å². The van der Waals surface area contributed by atoms with E-state index in [9.17, 15) is 5.11 Å². The van der Waals surface area contributed by atoms with Gasteiger partial charge in [-0.05, 0) is 39.0 Å². The number of nitrogens with zero attached hydrogens (tertiary/aromatic N) is 2. The second-order valence-corrected chi connectivity index (χ2v) is 6.19. The highest BCUT2D eigenvalue weighted by Gasteiger charge is 2.25. The molecule has 2 atom stereocenters. The first-order valence-electron chi connectivity index (χ1n) is 7.96. The molecule has 4 nitrogen and oxygen atoms in total. The third kappa shape index (κ3) is 3.23. The van der Waals surface area contributed by atoms with Crippen molar-refractivity contribution in [1.82, 2.24) is 15.1 Å². The lowest BCUT2D eigenvalue weighted by Gasteiger charge is -2.23. The molecule has 114 valence electrons. The van der Waals surface area contributed by atoms with Crippen molar-refractivity contribution in [2.24, 2.45) is 13.0 Å². The molecule has 1 aromatic rings. The fourth-order valence-corrected chi connectivity index (χ4v) is 3.52. The zero-order valence-corrected chi connectivity index (χ0v) is 13.3. The number of aliphatic hydroxyl groups is 1. The van der Waals surface area contributed by atoms with Crippen molar-refractivity contribution in [2.75, 3.05) is 6.54 Å². The maximum absolute atomic E-state index is 10.3. The fourth-order valence-electron chi connectivity index (χ4n) is 3.52. The third-order valence-electron chi connectivity index (χ3n) is 4.84. The largest absolute Gasteiger partial charge is 0.392 e. The molecular weight excluding hydrogens is 250 g/mol. The first-order valence-corrected chi connectivity index (χ1v) is 7.96. The molecule has 1 aromatic heterocycles. The summed E-state index contributed by atoms with van der Waals surface area (Å²) in [4.78, 5) is 0. The predicted octanol–water partition coefficient (Wildman–Crippen LogP) is 2.63. The second kappa shape index (κ2) is 6.72. The number of aromatic nitrogens is 2. The van der Waals surface area contributed by atoms with Crippen LogP contribution in [0.15, 0.2) is 0 Å². The van der Waals surface area contributed by atoms with Crippen molar-refractivity contribution in [3.05, 3.63) is 17.0 Å². The molecule has 2 unspecified atom stereocenters. The van der Waals surface area contributed by atoms with E-state index in [-0.39, 0.29) is 6.10 Å². The molecule has 1 fully saturated rings. The average molecular weight is 279 g/mol. The molecule has 20 heavy (non-hydrogen) atoms. The number of aliphatic hydroxyl groups excluding tert-OH is 1. The van der Waals surface area contributed by atoms with Gasteiger partial charge < -0.3 is 10.4 Å². The Kier molecular flexibility index (Phi) is 5.22. The van der Waals surface area contributed by atoms with Crippen LogP contribution >= 0.6 is 0 Å². The first-order chi connectivity index (χ1) is 9.54. The third-order valence-corrected chi connectivity index (χ3v) is 4.84. The second-order valence-electron chi connectivity index (χ2n) is 6.19. The number of hydrogen-bond acceptors (Lipinski definition) is 3. The summed E-state index contributed by atoms with van der Waals surface area (Å²) in [5, 5.41) is 18.4. The Hall–Kier alpha value is -0.870. The summed E-state index contributed by atoms with van der Waals surface area (Å²) in [6.45, 7) is 7.07. The monoisotopic (exact) mass is 279 g/mol. The van der Waals surface area contributed by atoms with Crippen LogP contribution in [0.2, 0.25) is 0 Å². The molecule has 2 rings (SSSR count). The Balaban J connectivity index is 1.98. The standard InChI is InChI=1S/C16H29N3O/c1-5-14(16-11(2)18-19(4)12(16)3)17-10-15(20)13-8-6-7-9-13/h13-15,17,20H,5-10H2,1-4H3. The van der Waals surface area contributed by atoms with Crippen molar-refractivity contribution in [2.45, 2.75) is 65.0 Å². The van der Waals surface area contributed by atoms with Gasteiger partial charge >= 0.3 is 0 Å². The van der Waals surface area contributed by atoms with Gasteiger partial charge in [-0.3, -0.25) is 4.68 Å². The van der Waals surface area contributed by atoms with E-state index < -0.39 is 0 Å². The maximum atomic E-state index is 10.3. The van der Waals surface area contributed by atoms with Gasteiger partial charge in [0.05, 0.1) is 11.8 Å². The number of rotatable bonds is 6. The van der Waals surface area contributed by atoms with E-state index in [1.165, 1.54) is 36.9 Å². The molecule has 1 aliphatic rings. The Morgan fingerprint density at radius 1 is 1.35 bits per heavy atom. The normalized spacial score (nSPS) is 19.4. The van der Waals surface area contributed by atoms with E-state index in [4.69, 9.17) is 0 Å². The van der Waals surface area contributed by atoms with E-state index in [0.29, 0.717) is 18.5 Å². The van der Waals surface area contributed by atoms with Crippen LogP contribution in [0, 0.1) is 19.8 Å². The lowest BCUT2D eigenvalue weighted by molar-refractivity contribution is 0.106. The molecule has 2 N–H and O–H groups in total. The number of nitrogens with one attached hydrogen (secondary N) is 1. The van der Waals surface area contributed by atoms with Crippen molar-refractivity contribution in [3.8, 4) is 0 Å². The summed E-state index contributed by atoms with van der Waals surface area (Å²) < 4.78 is 1.95. The molecule has 1 aliphatic carbocycles. The van der Waals surface area contributed by atoms with E-state index in [0.717, 1.165) is 12.1 Å².